The smallest absolute Gasteiger partial charge is 0.306 e. The highest BCUT2D eigenvalue weighted by molar-refractivity contribution is 5.70. The second kappa shape index (κ2) is 5.07. The maximum atomic E-state index is 11.7. The van der Waals surface area contributed by atoms with Crippen LogP contribution in [0.4, 0.5) is 0 Å². The highest BCUT2D eigenvalue weighted by atomic mass is 16.5. The van der Waals surface area contributed by atoms with Crippen molar-refractivity contribution in [3.8, 4) is 0 Å². The molecule has 0 aliphatic heterocycles. The van der Waals surface area contributed by atoms with Crippen molar-refractivity contribution in [3.63, 3.8) is 0 Å². The fraction of sp³-hybridized carbons (Fsp3) is 0.667. The van der Waals surface area contributed by atoms with Crippen molar-refractivity contribution in [2.24, 2.45) is 10.8 Å². The fourth-order valence-corrected chi connectivity index (χ4v) is 3.14. The standard InChI is InChI=1S/C15H24O2/c1-6-15(10-13(16)17-7-2)9-12(3)8-14(4,5)11-15/h6,8H,1,7,9-11H2,2-5H3. The average molecular weight is 236 g/mol. The van der Waals surface area contributed by atoms with E-state index < -0.39 is 0 Å². The van der Waals surface area contributed by atoms with Crippen molar-refractivity contribution in [2.75, 3.05) is 6.61 Å². The number of allylic oxidation sites excluding steroid dienone is 3. The Kier molecular flexibility index (Phi) is 4.18. The van der Waals surface area contributed by atoms with Crippen LogP contribution in [-0.4, -0.2) is 12.6 Å². The first kappa shape index (κ1) is 14.0. The Morgan fingerprint density at radius 2 is 2.24 bits per heavy atom. The zero-order chi connectivity index (χ0) is 13.1. The first-order chi connectivity index (χ1) is 7.82. The number of esters is 1. The van der Waals surface area contributed by atoms with E-state index in [0.29, 0.717) is 13.0 Å². The molecule has 1 atom stereocenters. The zero-order valence-corrected chi connectivity index (χ0v) is 11.5. The molecule has 0 bridgehead atoms. The fourth-order valence-electron chi connectivity index (χ4n) is 3.14. The van der Waals surface area contributed by atoms with E-state index in [2.05, 4.69) is 33.4 Å². The van der Waals surface area contributed by atoms with Crippen LogP contribution in [0.1, 0.15) is 47.0 Å². The Bertz CT molecular complexity index is 339. The lowest BCUT2D eigenvalue weighted by atomic mass is 9.63. The lowest BCUT2D eigenvalue weighted by Crippen LogP contribution is -2.32. The van der Waals surface area contributed by atoms with Gasteiger partial charge in [0.2, 0.25) is 0 Å². The number of ether oxygens (including phenoxy) is 1. The molecule has 0 radical (unpaired) electrons. The van der Waals surface area contributed by atoms with Crippen molar-refractivity contribution < 1.29 is 9.53 Å². The number of carbonyl (C=O) groups excluding carboxylic acids is 1. The van der Waals surface area contributed by atoms with Gasteiger partial charge < -0.3 is 4.74 Å². The normalized spacial score (nSPS) is 27.2. The molecule has 0 N–H and O–H groups in total. The number of hydrogen-bond donors (Lipinski definition) is 0. The van der Waals surface area contributed by atoms with Gasteiger partial charge in [0.25, 0.3) is 0 Å². The summed E-state index contributed by atoms with van der Waals surface area (Å²) >= 11 is 0. The van der Waals surface area contributed by atoms with Crippen LogP contribution in [0.25, 0.3) is 0 Å². The molecule has 0 aromatic carbocycles. The molecule has 0 aromatic rings. The van der Waals surface area contributed by atoms with Gasteiger partial charge in [0, 0.05) is 5.41 Å². The Morgan fingerprint density at radius 3 is 2.71 bits per heavy atom. The van der Waals surface area contributed by atoms with E-state index in [9.17, 15) is 4.79 Å². The van der Waals surface area contributed by atoms with Crippen LogP contribution in [0.3, 0.4) is 0 Å². The van der Waals surface area contributed by atoms with Crippen LogP contribution in [0, 0.1) is 10.8 Å². The minimum absolute atomic E-state index is 0.113. The topological polar surface area (TPSA) is 26.3 Å². The molecule has 0 heterocycles. The van der Waals surface area contributed by atoms with Crippen molar-refractivity contribution >= 4 is 5.97 Å². The summed E-state index contributed by atoms with van der Waals surface area (Å²) in [5, 5.41) is 0. The molecule has 17 heavy (non-hydrogen) atoms. The van der Waals surface area contributed by atoms with E-state index in [1.165, 1.54) is 5.57 Å². The number of carbonyl (C=O) groups is 1. The molecule has 1 unspecified atom stereocenters. The first-order valence-electron chi connectivity index (χ1n) is 6.30. The third-order valence-electron chi connectivity index (χ3n) is 3.31. The predicted octanol–water partition coefficient (Wildman–Crippen LogP) is 3.88. The van der Waals surface area contributed by atoms with E-state index in [-0.39, 0.29) is 16.8 Å². The molecule has 0 spiro atoms. The molecular weight excluding hydrogens is 212 g/mol. The van der Waals surface area contributed by atoms with Gasteiger partial charge in [0.1, 0.15) is 0 Å². The Hall–Kier alpha value is -1.05. The lowest BCUT2D eigenvalue weighted by Gasteiger charge is -2.41. The van der Waals surface area contributed by atoms with E-state index in [1.807, 2.05) is 13.0 Å². The largest absolute Gasteiger partial charge is 0.466 e. The summed E-state index contributed by atoms with van der Waals surface area (Å²) in [6.45, 7) is 12.8. The van der Waals surface area contributed by atoms with Crippen LogP contribution in [-0.2, 0) is 9.53 Å². The molecule has 96 valence electrons. The summed E-state index contributed by atoms with van der Waals surface area (Å²) in [4.78, 5) is 11.7. The SMILES string of the molecule is C=CC1(CC(=O)OCC)CC(C)=CC(C)(C)C1. The highest BCUT2D eigenvalue weighted by Crippen LogP contribution is 2.47. The third kappa shape index (κ3) is 3.72. The Morgan fingerprint density at radius 1 is 1.59 bits per heavy atom. The highest BCUT2D eigenvalue weighted by Gasteiger charge is 2.38. The van der Waals surface area contributed by atoms with Crippen LogP contribution in [0.15, 0.2) is 24.3 Å². The van der Waals surface area contributed by atoms with E-state index in [0.717, 1.165) is 12.8 Å². The van der Waals surface area contributed by atoms with Gasteiger partial charge in [-0.3, -0.25) is 4.79 Å². The van der Waals surface area contributed by atoms with Gasteiger partial charge in [0.15, 0.2) is 0 Å². The molecule has 0 amide bonds. The Balaban J connectivity index is 2.87. The van der Waals surface area contributed by atoms with Gasteiger partial charge in [-0.15, -0.1) is 6.58 Å². The third-order valence-corrected chi connectivity index (χ3v) is 3.31. The molecule has 0 saturated heterocycles. The van der Waals surface area contributed by atoms with Crippen molar-refractivity contribution in [1.29, 1.82) is 0 Å². The summed E-state index contributed by atoms with van der Waals surface area (Å²) in [6, 6.07) is 0. The minimum atomic E-state index is -0.130. The van der Waals surface area contributed by atoms with E-state index in [4.69, 9.17) is 4.74 Å². The van der Waals surface area contributed by atoms with Gasteiger partial charge in [0.05, 0.1) is 13.0 Å². The van der Waals surface area contributed by atoms with Gasteiger partial charge in [-0.1, -0.05) is 31.6 Å². The molecule has 2 nitrogen and oxygen atoms in total. The van der Waals surface area contributed by atoms with E-state index in [1.54, 1.807) is 0 Å². The van der Waals surface area contributed by atoms with Crippen molar-refractivity contribution in [3.05, 3.63) is 24.3 Å². The molecule has 1 aliphatic carbocycles. The summed E-state index contributed by atoms with van der Waals surface area (Å²) < 4.78 is 5.07. The maximum Gasteiger partial charge on any atom is 0.306 e. The van der Waals surface area contributed by atoms with Gasteiger partial charge in [-0.05, 0) is 32.1 Å². The Labute approximate surface area is 105 Å². The van der Waals surface area contributed by atoms with Crippen LogP contribution in [0.2, 0.25) is 0 Å². The zero-order valence-electron chi connectivity index (χ0n) is 11.5. The molecule has 1 rings (SSSR count). The molecular formula is C15H24O2. The number of rotatable bonds is 4. The summed E-state index contributed by atoms with van der Waals surface area (Å²) in [7, 11) is 0. The van der Waals surface area contributed by atoms with E-state index >= 15 is 0 Å². The lowest BCUT2D eigenvalue weighted by molar-refractivity contribution is -0.145. The minimum Gasteiger partial charge on any atom is -0.466 e. The molecule has 0 fully saturated rings. The molecule has 2 heteroatoms. The summed E-state index contributed by atoms with van der Waals surface area (Å²) in [6.07, 6.45) is 6.57. The molecule has 1 aliphatic rings. The quantitative estimate of drug-likeness (QED) is 0.547. The van der Waals surface area contributed by atoms with Gasteiger partial charge in [-0.25, -0.2) is 0 Å². The van der Waals surface area contributed by atoms with Crippen LogP contribution < -0.4 is 0 Å². The average Bonchev–Trinajstić information content (AvgIpc) is 2.14. The van der Waals surface area contributed by atoms with Gasteiger partial charge >= 0.3 is 5.97 Å². The maximum absolute atomic E-state index is 11.7. The summed E-state index contributed by atoms with van der Waals surface area (Å²) in [5.41, 5.74) is 1.34. The van der Waals surface area contributed by atoms with Gasteiger partial charge in [-0.2, -0.15) is 0 Å². The van der Waals surface area contributed by atoms with Crippen molar-refractivity contribution in [2.45, 2.75) is 47.0 Å². The monoisotopic (exact) mass is 236 g/mol. The number of hydrogen-bond acceptors (Lipinski definition) is 2. The van der Waals surface area contributed by atoms with Crippen LogP contribution in [0.5, 0.6) is 0 Å². The van der Waals surface area contributed by atoms with Crippen LogP contribution >= 0.6 is 0 Å². The molecule has 0 aromatic heterocycles. The molecule has 0 saturated carbocycles. The summed E-state index contributed by atoms with van der Waals surface area (Å²) in [5.74, 6) is -0.113. The predicted molar refractivity (Wildman–Crippen MR) is 70.7 cm³/mol. The first-order valence-corrected chi connectivity index (χ1v) is 6.30. The second-order valence-electron chi connectivity index (χ2n) is 5.88. The second-order valence-corrected chi connectivity index (χ2v) is 5.88. The van der Waals surface area contributed by atoms with Crippen molar-refractivity contribution in [1.82, 2.24) is 0 Å².